The summed E-state index contributed by atoms with van der Waals surface area (Å²) in [6.45, 7) is 0. The first-order chi connectivity index (χ1) is 11.6. The van der Waals surface area contributed by atoms with Crippen molar-refractivity contribution in [2.24, 2.45) is 5.73 Å². The number of furan rings is 1. The molecule has 24 heavy (non-hydrogen) atoms. The Morgan fingerprint density at radius 2 is 2.21 bits per heavy atom. The summed E-state index contributed by atoms with van der Waals surface area (Å²) < 4.78 is 10.2. The van der Waals surface area contributed by atoms with Crippen molar-refractivity contribution in [2.45, 2.75) is 19.3 Å². The van der Waals surface area contributed by atoms with Crippen molar-refractivity contribution in [3.8, 4) is 11.6 Å². The summed E-state index contributed by atoms with van der Waals surface area (Å²) in [4.78, 5) is 31.0. The van der Waals surface area contributed by atoms with Crippen molar-refractivity contribution in [1.82, 2.24) is 15.1 Å². The molecular weight excluding hydrogens is 334 g/mol. The molecule has 3 aromatic rings. The third-order valence-electron chi connectivity index (χ3n) is 2.93. The van der Waals surface area contributed by atoms with Gasteiger partial charge in [-0.2, -0.15) is 4.98 Å². The van der Waals surface area contributed by atoms with Crippen LogP contribution in [0.3, 0.4) is 0 Å². The van der Waals surface area contributed by atoms with Crippen molar-refractivity contribution in [1.29, 1.82) is 0 Å². The lowest BCUT2D eigenvalue weighted by Crippen LogP contribution is -2.14. The Morgan fingerprint density at radius 1 is 1.33 bits per heavy atom. The number of hydrogen-bond donors (Lipinski definition) is 2. The van der Waals surface area contributed by atoms with Crippen LogP contribution in [0, 0.1) is 0 Å². The van der Waals surface area contributed by atoms with Gasteiger partial charge in [-0.25, -0.2) is 4.98 Å². The molecule has 3 N–H and O–H groups in total. The molecule has 0 fully saturated rings. The number of nitrogens with two attached hydrogens (primary N) is 1. The lowest BCUT2D eigenvalue weighted by molar-refractivity contribution is -0.117. The van der Waals surface area contributed by atoms with E-state index in [4.69, 9.17) is 14.7 Å². The smallest absolute Gasteiger partial charge is 0.238 e. The Balaban J connectivity index is 1.50. The maximum absolute atomic E-state index is 11.9. The van der Waals surface area contributed by atoms with E-state index in [-0.39, 0.29) is 18.7 Å². The Kier molecular flexibility index (Phi) is 4.66. The zero-order valence-corrected chi connectivity index (χ0v) is 13.2. The first-order valence-corrected chi connectivity index (χ1v) is 7.87. The van der Waals surface area contributed by atoms with E-state index in [2.05, 4.69) is 20.4 Å². The summed E-state index contributed by atoms with van der Waals surface area (Å²) in [5.41, 5.74) is 5.62. The number of aryl methyl sites for hydroxylation is 1. The van der Waals surface area contributed by atoms with Gasteiger partial charge in [0, 0.05) is 18.2 Å². The van der Waals surface area contributed by atoms with E-state index in [1.165, 1.54) is 17.6 Å². The summed E-state index contributed by atoms with van der Waals surface area (Å²) >= 11 is 1.23. The lowest BCUT2D eigenvalue weighted by Gasteiger charge is -1.99. The summed E-state index contributed by atoms with van der Waals surface area (Å²) in [6.07, 6.45) is 2.01. The maximum atomic E-state index is 11.9. The second kappa shape index (κ2) is 7.04. The molecule has 0 aliphatic rings. The van der Waals surface area contributed by atoms with Crippen LogP contribution >= 0.6 is 11.3 Å². The molecule has 0 spiro atoms. The van der Waals surface area contributed by atoms with Gasteiger partial charge in [-0.1, -0.05) is 5.16 Å². The van der Waals surface area contributed by atoms with Gasteiger partial charge in [0.1, 0.15) is 0 Å². The minimum Gasteiger partial charge on any atom is -0.461 e. The Morgan fingerprint density at radius 3 is 2.96 bits per heavy atom. The van der Waals surface area contributed by atoms with Gasteiger partial charge >= 0.3 is 0 Å². The fourth-order valence-electron chi connectivity index (χ4n) is 1.89. The number of anilines is 1. The van der Waals surface area contributed by atoms with Gasteiger partial charge in [0.2, 0.25) is 23.5 Å². The number of carbonyl (C=O) groups is 2. The number of aromatic nitrogens is 3. The molecule has 0 unspecified atom stereocenters. The van der Waals surface area contributed by atoms with E-state index < -0.39 is 5.91 Å². The fraction of sp³-hybridized carbons (Fsp3) is 0.214. The molecule has 0 aliphatic heterocycles. The molecular formula is C14H13N5O4S. The molecule has 0 saturated carbocycles. The van der Waals surface area contributed by atoms with Gasteiger partial charge < -0.3 is 20.0 Å². The quantitative estimate of drug-likeness (QED) is 0.658. The molecule has 0 radical (unpaired) electrons. The van der Waals surface area contributed by atoms with E-state index in [0.29, 0.717) is 34.7 Å². The van der Waals surface area contributed by atoms with Crippen LogP contribution in [0.1, 0.15) is 18.0 Å². The highest BCUT2D eigenvalue weighted by molar-refractivity contribution is 7.13. The van der Waals surface area contributed by atoms with E-state index in [1.807, 2.05) is 0 Å². The summed E-state index contributed by atoms with van der Waals surface area (Å²) in [5, 5.41) is 8.52. The Hall–Kier alpha value is -3.01. The first kappa shape index (κ1) is 15.9. The number of carbonyl (C=O) groups excluding carboxylic acids is 2. The van der Waals surface area contributed by atoms with E-state index >= 15 is 0 Å². The van der Waals surface area contributed by atoms with E-state index in [1.54, 1.807) is 17.5 Å². The minimum absolute atomic E-state index is 0.0455. The normalized spacial score (nSPS) is 10.7. The van der Waals surface area contributed by atoms with Crippen molar-refractivity contribution in [2.75, 3.05) is 5.32 Å². The summed E-state index contributed by atoms with van der Waals surface area (Å²) in [7, 11) is 0. The average Bonchev–Trinajstić information content (AvgIpc) is 3.26. The predicted molar refractivity (Wildman–Crippen MR) is 84.0 cm³/mol. The van der Waals surface area contributed by atoms with Crippen molar-refractivity contribution in [3.63, 3.8) is 0 Å². The van der Waals surface area contributed by atoms with E-state index in [9.17, 15) is 9.59 Å². The molecule has 0 atom stereocenters. The summed E-state index contributed by atoms with van der Waals surface area (Å²) in [6, 6.07) is 3.44. The van der Waals surface area contributed by atoms with Crippen LogP contribution in [0.4, 0.5) is 5.13 Å². The molecule has 3 aromatic heterocycles. The minimum atomic E-state index is -0.470. The highest BCUT2D eigenvalue weighted by atomic mass is 32.1. The van der Waals surface area contributed by atoms with Crippen LogP contribution in [0.5, 0.6) is 0 Å². The topological polar surface area (TPSA) is 137 Å². The van der Waals surface area contributed by atoms with Gasteiger partial charge in [-0.05, 0) is 12.1 Å². The van der Waals surface area contributed by atoms with Gasteiger partial charge in [-0.3, -0.25) is 9.59 Å². The third-order valence-corrected chi connectivity index (χ3v) is 3.74. The van der Waals surface area contributed by atoms with Crippen LogP contribution in [-0.2, 0) is 22.4 Å². The fourth-order valence-corrected chi connectivity index (χ4v) is 2.62. The van der Waals surface area contributed by atoms with Crippen LogP contribution in [0.2, 0.25) is 0 Å². The van der Waals surface area contributed by atoms with Gasteiger partial charge in [0.15, 0.2) is 10.9 Å². The standard InChI is InChI=1S/C14H13N5O4S/c15-10(20)6-8-7-24-14(16-8)17-11(21)3-4-12-18-13(19-23-12)9-2-1-5-22-9/h1-2,5,7H,3-4,6H2,(H2,15,20)(H,16,17,21). The molecule has 10 heteroatoms. The largest absolute Gasteiger partial charge is 0.461 e. The lowest BCUT2D eigenvalue weighted by atomic mass is 10.3. The number of nitrogens with zero attached hydrogens (tertiary/aromatic N) is 3. The van der Waals surface area contributed by atoms with Crippen molar-refractivity contribution in [3.05, 3.63) is 35.4 Å². The second-order valence-electron chi connectivity index (χ2n) is 4.82. The number of primary amides is 1. The molecule has 3 rings (SSSR count). The van der Waals surface area contributed by atoms with E-state index in [0.717, 1.165) is 0 Å². The monoisotopic (exact) mass is 347 g/mol. The molecule has 0 bridgehead atoms. The highest BCUT2D eigenvalue weighted by Crippen LogP contribution is 2.18. The average molecular weight is 347 g/mol. The van der Waals surface area contributed by atoms with Crippen LogP contribution in [0.15, 0.2) is 32.7 Å². The maximum Gasteiger partial charge on any atom is 0.238 e. The van der Waals surface area contributed by atoms with Crippen molar-refractivity contribution >= 4 is 28.3 Å². The number of hydrogen-bond acceptors (Lipinski definition) is 8. The molecule has 0 aliphatic carbocycles. The second-order valence-corrected chi connectivity index (χ2v) is 5.68. The Bertz CT molecular complexity index is 839. The van der Waals surface area contributed by atoms with Gasteiger partial charge in [0.25, 0.3) is 0 Å². The number of rotatable bonds is 7. The molecule has 0 aromatic carbocycles. The van der Waals surface area contributed by atoms with Crippen LogP contribution < -0.4 is 11.1 Å². The zero-order valence-electron chi connectivity index (χ0n) is 12.4. The van der Waals surface area contributed by atoms with Gasteiger partial charge in [-0.15, -0.1) is 11.3 Å². The molecule has 124 valence electrons. The zero-order chi connectivity index (χ0) is 16.9. The predicted octanol–water partition coefficient (Wildman–Crippen LogP) is 1.39. The SMILES string of the molecule is NC(=O)Cc1csc(NC(=O)CCc2nc(-c3ccco3)no2)n1. The summed E-state index contributed by atoms with van der Waals surface area (Å²) in [5.74, 6) is 0.463. The van der Waals surface area contributed by atoms with Crippen LogP contribution in [-0.4, -0.2) is 26.9 Å². The molecule has 9 nitrogen and oxygen atoms in total. The number of amides is 2. The van der Waals surface area contributed by atoms with Gasteiger partial charge in [0.05, 0.1) is 18.4 Å². The third kappa shape index (κ3) is 4.04. The van der Waals surface area contributed by atoms with Crippen molar-refractivity contribution < 1.29 is 18.5 Å². The number of thiazole rings is 1. The molecule has 3 heterocycles. The molecule has 0 saturated heterocycles. The highest BCUT2D eigenvalue weighted by Gasteiger charge is 2.13. The first-order valence-electron chi connectivity index (χ1n) is 6.99. The Labute approximate surface area is 139 Å². The molecule has 2 amide bonds. The number of nitrogens with one attached hydrogen (secondary N) is 1. The van der Waals surface area contributed by atoms with Crippen LogP contribution in [0.25, 0.3) is 11.6 Å².